The molecule has 0 aliphatic heterocycles. The van der Waals surface area contributed by atoms with E-state index in [1.807, 2.05) is 6.92 Å². The molecule has 0 bridgehead atoms. The fraction of sp³-hybridized carbons (Fsp3) is 0.190. The number of carbonyl (C=O) groups is 2. The molecule has 0 aliphatic rings. The van der Waals surface area contributed by atoms with E-state index in [0.29, 0.717) is 23.4 Å². The molecule has 3 rings (SSSR count). The molecule has 29 heavy (non-hydrogen) atoms. The fourth-order valence-electron chi connectivity index (χ4n) is 2.66. The summed E-state index contributed by atoms with van der Waals surface area (Å²) in [4.78, 5) is 29.5. The van der Waals surface area contributed by atoms with E-state index in [-0.39, 0.29) is 12.4 Å². The molecule has 0 radical (unpaired) electrons. The van der Waals surface area contributed by atoms with Crippen LogP contribution in [0.3, 0.4) is 0 Å². The first kappa shape index (κ1) is 20.5. The molecular formula is C21H20FN3O3S. The number of nitrogens with one attached hydrogen (secondary N) is 2. The Bertz CT molecular complexity index is 1040. The minimum absolute atomic E-state index is 0.288. The summed E-state index contributed by atoms with van der Waals surface area (Å²) in [6, 6.07) is 13.0. The average molecular weight is 413 g/mol. The highest BCUT2D eigenvalue weighted by Gasteiger charge is 2.15. The van der Waals surface area contributed by atoms with Crippen LogP contribution in [0.15, 0.2) is 48.5 Å². The molecule has 0 saturated carbocycles. The second-order valence-electron chi connectivity index (χ2n) is 6.23. The van der Waals surface area contributed by atoms with Crippen molar-refractivity contribution in [3.8, 4) is 16.3 Å². The van der Waals surface area contributed by atoms with Gasteiger partial charge in [0.2, 0.25) is 0 Å². The normalized spacial score (nSPS) is 10.4. The van der Waals surface area contributed by atoms with E-state index in [4.69, 9.17) is 4.74 Å². The Kier molecular flexibility index (Phi) is 6.56. The van der Waals surface area contributed by atoms with Crippen molar-refractivity contribution in [3.05, 3.63) is 64.9 Å². The summed E-state index contributed by atoms with van der Waals surface area (Å²) in [6.45, 7) is 2.15. The number of aryl methyl sites for hydroxylation is 1. The van der Waals surface area contributed by atoms with Crippen molar-refractivity contribution in [2.24, 2.45) is 0 Å². The number of ether oxygens (including phenoxy) is 1. The lowest BCUT2D eigenvalue weighted by Crippen LogP contribution is -2.36. The van der Waals surface area contributed by atoms with Crippen molar-refractivity contribution >= 4 is 28.8 Å². The van der Waals surface area contributed by atoms with Gasteiger partial charge in [-0.05, 0) is 31.2 Å². The van der Waals surface area contributed by atoms with Crippen molar-refractivity contribution in [2.45, 2.75) is 13.3 Å². The van der Waals surface area contributed by atoms with Crippen LogP contribution in [0.25, 0.3) is 10.6 Å². The molecule has 8 heteroatoms. The third-order valence-electron chi connectivity index (χ3n) is 4.14. The second-order valence-corrected chi connectivity index (χ2v) is 7.31. The monoisotopic (exact) mass is 413 g/mol. The van der Waals surface area contributed by atoms with Crippen LogP contribution in [0.2, 0.25) is 0 Å². The number of hydrogen-bond donors (Lipinski definition) is 2. The van der Waals surface area contributed by atoms with Gasteiger partial charge < -0.3 is 15.4 Å². The summed E-state index contributed by atoms with van der Waals surface area (Å²) in [7, 11) is 1.52. The number of anilines is 1. The standard InChI is InChI=1S/C21H20FN3O3S/c1-13-18(29-21(24-13)14-5-3-6-15(22)11-14)9-10-23-19(26)20(27)25-16-7-4-8-17(12-16)28-2/h3-8,11-12H,9-10H2,1-2H3,(H,23,26)(H,25,27). The van der Waals surface area contributed by atoms with Gasteiger partial charge in [-0.1, -0.05) is 18.2 Å². The summed E-state index contributed by atoms with van der Waals surface area (Å²) in [5.41, 5.74) is 2.01. The van der Waals surface area contributed by atoms with Crippen LogP contribution < -0.4 is 15.4 Å². The topological polar surface area (TPSA) is 80.3 Å². The van der Waals surface area contributed by atoms with Crippen LogP contribution in [0.5, 0.6) is 5.75 Å². The number of carbonyl (C=O) groups excluding carboxylic acids is 2. The number of hydrogen-bond acceptors (Lipinski definition) is 5. The number of rotatable bonds is 6. The van der Waals surface area contributed by atoms with Gasteiger partial charge in [-0.3, -0.25) is 9.59 Å². The Morgan fingerprint density at radius 3 is 2.69 bits per heavy atom. The minimum atomic E-state index is -0.750. The molecule has 1 heterocycles. The van der Waals surface area contributed by atoms with Gasteiger partial charge in [0.25, 0.3) is 0 Å². The zero-order valence-electron chi connectivity index (χ0n) is 16.0. The van der Waals surface area contributed by atoms with Crippen LogP contribution in [-0.2, 0) is 16.0 Å². The summed E-state index contributed by atoms with van der Waals surface area (Å²) in [6.07, 6.45) is 0.525. The zero-order chi connectivity index (χ0) is 20.8. The molecule has 3 aromatic rings. The van der Waals surface area contributed by atoms with E-state index in [2.05, 4.69) is 15.6 Å². The van der Waals surface area contributed by atoms with Crippen molar-refractivity contribution in [2.75, 3.05) is 19.0 Å². The molecule has 0 unspecified atom stereocenters. The molecule has 2 aromatic carbocycles. The Labute approximate surface area is 171 Å². The second kappa shape index (κ2) is 9.29. The highest BCUT2D eigenvalue weighted by Crippen LogP contribution is 2.28. The van der Waals surface area contributed by atoms with E-state index in [1.165, 1.54) is 30.6 Å². The maximum Gasteiger partial charge on any atom is 0.313 e. The lowest BCUT2D eigenvalue weighted by Gasteiger charge is -2.07. The summed E-state index contributed by atoms with van der Waals surface area (Å²) < 4.78 is 18.5. The molecule has 2 amide bonds. The number of methoxy groups -OCH3 is 1. The van der Waals surface area contributed by atoms with E-state index in [0.717, 1.165) is 15.6 Å². The number of thiazole rings is 1. The Morgan fingerprint density at radius 1 is 1.14 bits per heavy atom. The molecule has 6 nitrogen and oxygen atoms in total. The third kappa shape index (κ3) is 5.39. The molecule has 0 saturated heterocycles. The maximum atomic E-state index is 13.4. The van der Waals surface area contributed by atoms with Crippen molar-refractivity contribution in [3.63, 3.8) is 0 Å². The van der Waals surface area contributed by atoms with Gasteiger partial charge in [-0.15, -0.1) is 11.3 Å². The zero-order valence-corrected chi connectivity index (χ0v) is 16.8. The number of nitrogens with zero attached hydrogens (tertiary/aromatic N) is 1. The molecule has 2 N–H and O–H groups in total. The lowest BCUT2D eigenvalue weighted by molar-refractivity contribution is -0.136. The summed E-state index contributed by atoms with van der Waals surface area (Å²) in [5, 5.41) is 5.85. The maximum absolute atomic E-state index is 13.4. The van der Waals surface area contributed by atoms with E-state index in [1.54, 1.807) is 36.4 Å². The SMILES string of the molecule is COc1cccc(NC(=O)C(=O)NCCc2sc(-c3cccc(F)c3)nc2C)c1. The first-order valence-electron chi connectivity index (χ1n) is 8.91. The Balaban J connectivity index is 1.54. The van der Waals surface area contributed by atoms with Crippen molar-refractivity contribution in [1.82, 2.24) is 10.3 Å². The minimum Gasteiger partial charge on any atom is -0.497 e. The Morgan fingerprint density at radius 2 is 1.93 bits per heavy atom. The molecule has 1 aromatic heterocycles. The van der Waals surface area contributed by atoms with Crippen molar-refractivity contribution < 1.29 is 18.7 Å². The molecule has 0 fully saturated rings. The first-order chi connectivity index (χ1) is 14.0. The number of benzene rings is 2. The quantitative estimate of drug-likeness (QED) is 0.606. The number of aromatic nitrogens is 1. The van der Waals surface area contributed by atoms with Crippen LogP contribution in [-0.4, -0.2) is 30.5 Å². The molecular weight excluding hydrogens is 393 g/mol. The fourth-order valence-corrected chi connectivity index (χ4v) is 3.72. The van der Waals surface area contributed by atoms with Crippen LogP contribution in [0, 0.1) is 12.7 Å². The number of amides is 2. The summed E-state index contributed by atoms with van der Waals surface area (Å²) >= 11 is 1.44. The van der Waals surface area contributed by atoms with Gasteiger partial charge in [0.15, 0.2) is 0 Å². The predicted octanol–water partition coefficient (Wildman–Crippen LogP) is 3.56. The average Bonchev–Trinajstić information content (AvgIpc) is 3.08. The van der Waals surface area contributed by atoms with Gasteiger partial charge in [0.1, 0.15) is 16.6 Å². The predicted molar refractivity (Wildman–Crippen MR) is 111 cm³/mol. The largest absolute Gasteiger partial charge is 0.497 e. The molecule has 150 valence electrons. The van der Waals surface area contributed by atoms with Gasteiger partial charge in [0.05, 0.1) is 12.8 Å². The smallest absolute Gasteiger partial charge is 0.313 e. The molecule has 0 aliphatic carbocycles. The van der Waals surface area contributed by atoms with E-state index < -0.39 is 11.8 Å². The highest BCUT2D eigenvalue weighted by atomic mass is 32.1. The lowest BCUT2D eigenvalue weighted by atomic mass is 10.2. The van der Waals surface area contributed by atoms with Gasteiger partial charge in [-0.25, -0.2) is 9.37 Å². The van der Waals surface area contributed by atoms with Crippen LogP contribution in [0.4, 0.5) is 10.1 Å². The Hall–Kier alpha value is -3.26. The van der Waals surface area contributed by atoms with Gasteiger partial charge in [0, 0.05) is 35.2 Å². The third-order valence-corrected chi connectivity index (χ3v) is 5.40. The molecule has 0 atom stereocenters. The van der Waals surface area contributed by atoms with Crippen LogP contribution >= 0.6 is 11.3 Å². The van der Waals surface area contributed by atoms with Gasteiger partial charge >= 0.3 is 11.8 Å². The van der Waals surface area contributed by atoms with Crippen LogP contribution in [0.1, 0.15) is 10.6 Å². The van der Waals surface area contributed by atoms with Crippen molar-refractivity contribution in [1.29, 1.82) is 0 Å². The van der Waals surface area contributed by atoms with E-state index >= 15 is 0 Å². The summed E-state index contributed by atoms with van der Waals surface area (Å²) in [5.74, 6) is -1.20. The van der Waals surface area contributed by atoms with Gasteiger partial charge in [-0.2, -0.15) is 0 Å². The van der Waals surface area contributed by atoms with E-state index in [9.17, 15) is 14.0 Å². The highest BCUT2D eigenvalue weighted by molar-refractivity contribution is 7.15. The molecule has 0 spiro atoms. The number of halogens is 1. The first-order valence-corrected chi connectivity index (χ1v) is 9.73.